The number of hydrogen-bond acceptors (Lipinski definition) is 5. The minimum atomic E-state index is -5.81. The van der Waals surface area contributed by atoms with Gasteiger partial charge in [0.25, 0.3) is 0 Å². The summed E-state index contributed by atoms with van der Waals surface area (Å²) in [6, 6.07) is 0. The van der Waals surface area contributed by atoms with Crippen molar-refractivity contribution in [2.24, 2.45) is 11.8 Å². The number of rotatable bonds is 5. The van der Waals surface area contributed by atoms with E-state index in [2.05, 4.69) is 4.74 Å². The first-order valence-electron chi connectivity index (χ1n) is 5.81. The van der Waals surface area contributed by atoms with Crippen LogP contribution in [0.1, 0.15) is 25.7 Å². The molecule has 0 bridgehead atoms. The fraction of sp³-hybridized carbons (Fsp3) is 0.900. The van der Waals surface area contributed by atoms with Crippen LogP contribution in [0.5, 0.6) is 0 Å². The van der Waals surface area contributed by atoms with Gasteiger partial charge in [-0.2, -0.15) is 17.2 Å². The average Bonchev–Trinajstić information content (AvgIpc) is 2.35. The van der Waals surface area contributed by atoms with Crippen LogP contribution in [0, 0.1) is 11.8 Å². The lowest BCUT2D eigenvalue weighted by Gasteiger charge is -2.27. The molecule has 0 aliphatic heterocycles. The van der Waals surface area contributed by atoms with E-state index in [9.17, 15) is 22.0 Å². The summed E-state index contributed by atoms with van der Waals surface area (Å²) in [5, 5.41) is 3.98. The van der Waals surface area contributed by atoms with Crippen LogP contribution in [0.15, 0.2) is 0 Å². The summed E-state index contributed by atoms with van der Waals surface area (Å²) in [6.45, 7) is -0.255. The van der Waals surface area contributed by atoms with Crippen molar-refractivity contribution in [2.45, 2.75) is 30.9 Å². The second kappa shape index (κ2) is 6.10. The van der Waals surface area contributed by atoms with Crippen molar-refractivity contribution in [1.29, 1.82) is 0 Å². The smallest absolute Gasteiger partial charge is 0.460 e. The second-order valence-corrected chi connectivity index (χ2v) is 6.12. The lowest BCUT2D eigenvalue weighted by Crippen LogP contribution is -2.39. The molecule has 0 spiro atoms. The van der Waals surface area contributed by atoms with Crippen molar-refractivity contribution in [1.82, 2.24) is 0 Å². The molecule has 0 heterocycles. The summed E-state index contributed by atoms with van der Waals surface area (Å²) >= 11 is 0. The van der Waals surface area contributed by atoms with Crippen LogP contribution < -0.4 is 0 Å². The summed E-state index contributed by atoms with van der Waals surface area (Å²) in [5.41, 5.74) is 0. The molecule has 6 nitrogen and oxygen atoms in total. The lowest BCUT2D eigenvalue weighted by molar-refractivity contribution is -0.163. The Kier molecular flexibility index (Phi) is 5.22. The highest BCUT2D eigenvalue weighted by Crippen LogP contribution is 2.29. The van der Waals surface area contributed by atoms with Crippen molar-refractivity contribution < 1.29 is 36.4 Å². The summed E-state index contributed by atoms with van der Waals surface area (Å²) in [5.74, 6) is -2.23. The zero-order valence-corrected chi connectivity index (χ0v) is 10.9. The SMILES string of the molecule is O=C(OCC1CCC(CO)CC1)C(F)(F)S(=O)(=O)O. The van der Waals surface area contributed by atoms with Crippen molar-refractivity contribution in [3.8, 4) is 0 Å². The molecule has 0 aromatic carbocycles. The highest BCUT2D eigenvalue weighted by molar-refractivity contribution is 7.87. The monoisotopic (exact) mass is 302 g/mol. The van der Waals surface area contributed by atoms with Crippen LogP contribution in [0.2, 0.25) is 0 Å². The minimum Gasteiger partial charge on any atom is -0.460 e. The minimum absolute atomic E-state index is 0.0628. The Morgan fingerprint density at radius 3 is 2.11 bits per heavy atom. The molecule has 0 unspecified atom stereocenters. The fourth-order valence-corrected chi connectivity index (χ4v) is 2.23. The summed E-state index contributed by atoms with van der Waals surface area (Å²) in [7, 11) is -5.81. The summed E-state index contributed by atoms with van der Waals surface area (Å²) < 4.78 is 58.8. The van der Waals surface area contributed by atoms with Gasteiger partial charge in [-0.3, -0.25) is 4.55 Å². The molecular formula is C10H16F2O6S. The normalized spacial score (nSPS) is 25.1. The number of hydrogen-bond donors (Lipinski definition) is 2. The Morgan fingerprint density at radius 2 is 1.68 bits per heavy atom. The van der Waals surface area contributed by atoms with Crippen LogP contribution in [0.4, 0.5) is 8.78 Å². The van der Waals surface area contributed by atoms with E-state index in [0.717, 1.165) is 0 Å². The standard InChI is InChI=1S/C10H16F2O6S/c11-10(12,19(15,16)17)9(14)18-6-8-3-1-7(5-13)2-4-8/h7-8,13H,1-6H2,(H,15,16,17). The Hall–Kier alpha value is -0.800. The molecule has 9 heteroatoms. The third-order valence-corrected chi connectivity index (χ3v) is 4.05. The van der Waals surface area contributed by atoms with Gasteiger partial charge in [-0.1, -0.05) is 0 Å². The van der Waals surface area contributed by atoms with E-state index in [-0.39, 0.29) is 25.0 Å². The molecule has 0 amide bonds. The van der Waals surface area contributed by atoms with E-state index in [1.807, 2.05) is 0 Å². The van der Waals surface area contributed by atoms with E-state index in [4.69, 9.17) is 9.66 Å². The molecule has 19 heavy (non-hydrogen) atoms. The van der Waals surface area contributed by atoms with Gasteiger partial charge in [-0.05, 0) is 37.5 Å². The molecule has 0 atom stereocenters. The molecule has 1 aliphatic carbocycles. The Balaban J connectivity index is 2.44. The Labute approximate surface area is 109 Å². The zero-order valence-electron chi connectivity index (χ0n) is 10.1. The van der Waals surface area contributed by atoms with E-state index < -0.39 is 21.3 Å². The number of halogens is 2. The van der Waals surface area contributed by atoms with Crippen molar-refractivity contribution >= 4 is 16.1 Å². The van der Waals surface area contributed by atoms with Gasteiger partial charge < -0.3 is 9.84 Å². The van der Waals surface area contributed by atoms with Gasteiger partial charge in [-0.25, -0.2) is 4.79 Å². The van der Waals surface area contributed by atoms with E-state index in [0.29, 0.717) is 25.7 Å². The van der Waals surface area contributed by atoms with Gasteiger partial charge in [0.1, 0.15) is 0 Å². The molecule has 1 saturated carbocycles. The van der Waals surface area contributed by atoms with Gasteiger partial charge in [0, 0.05) is 6.61 Å². The molecule has 2 N–H and O–H groups in total. The average molecular weight is 302 g/mol. The highest BCUT2D eigenvalue weighted by atomic mass is 32.2. The second-order valence-electron chi connectivity index (χ2n) is 4.66. The molecule has 0 aromatic heterocycles. The molecule has 112 valence electrons. The largest absolute Gasteiger partial charge is 0.465 e. The van der Waals surface area contributed by atoms with Crippen LogP contribution in [-0.4, -0.2) is 42.5 Å². The molecular weight excluding hydrogens is 286 g/mol. The third kappa shape index (κ3) is 4.08. The maximum Gasteiger partial charge on any atom is 0.465 e. The Morgan fingerprint density at radius 1 is 1.21 bits per heavy atom. The third-order valence-electron chi connectivity index (χ3n) is 3.24. The summed E-state index contributed by atoms with van der Waals surface area (Å²) in [4.78, 5) is 10.9. The molecule has 0 aromatic rings. The van der Waals surface area contributed by atoms with Crippen LogP contribution in [-0.2, 0) is 19.6 Å². The first-order chi connectivity index (χ1) is 8.68. The number of carbonyl (C=O) groups is 1. The molecule has 0 radical (unpaired) electrons. The molecule has 1 rings (SSSR count). The van der Waals surface area contributed by atoms with E-state index in [1.165, 1.54) is 0 Å². The first-order valence-corrected chi connectivity index (χ1v) is 7.25. The van der Waals surface area contributed by atoms with E-state index >= 15 is 0 Å². The van der Waals surface area contributed by atoms with Gasteiger partial charge in [-0.15, -0.1) is 0 Å². The maximum absolute atomic E-state index is 12.8. The van der Waals surface area contributed by atoms with Crippen molar-refractivity contribution in [3.05, 3.63) is 0 Å². The van der Waals surface area contributed by atoms with Crippen LogP contribution in [0.3, 0.4) is 0 Å². The molecule has 1 fully saturated rings. The number of esters is 1. The number of carbonyl (C=O) groups excluding carboxylic acids is 1. The lowest BCUT2D eigenvalue weighted by atomic mass is 9.83. The topological polar surface area (TPSA) is 101 Å². The van der Waals surface area contributed by atoms with E-state index in [1.54, 1.807) is 0 Å². The number of alkyl halides is 2. The maximum atomic E-state index is 12.8. The van der Waals surface area contributed by atoms with Crippen LogP contribution in [0.25, 0.3) is 0 Å². The number of aliphatic hydroxyl groups is 1. The molecule has 1 aliphatic rings. The predicted molar refractivity (Wildman–Crippen MR) is 60.0 cm³/mol. The zero-order chi connectivity index (χ0) is 14.7. The summed E-state index contributed by atoms with van der Waals surface area (Å²) in [6.07, 6.45) is 2.62. The quantitative estimate of drug-likeness (QED) is 0.575. The highest BCUT2D eigenvalue weighted by Gasteiger charge is 2.54. The number of ether oxygens (including phenoxy) is 1. The van der Waals surface area contributed by atoms with Gasteiger partial charge in [0.05, 0.1) is 6.61 Å². The van der Waals surface area contributed by atoms with Gasteiger partial charge in [0.2, 0.25) is 0 Å². The number of aliphatic hydroxyl groups excluding tert-OH is 1. The molecule has 0 saturated heterocycles. The van der Waals surface area contributed by atoms with Gasteiger partial charge >= 0.3 is 21.3 Å². The van der Waals surface area contributed by atoms with Crippen LogP contribution >= 0.6 is 0 Å². The van der Waals surface area contributed by atoms with Crippen molar-refractivity contribution in [3.63, 3.8) is 0 Å². The van der Waals surface area contributed by atoms with Gasteiger partial charge in [0.15, 0.2) is 0 Å². The fourth-order valence-electron chi connectivity index (χ4n) is 1.96. The Bertz CT molecular complexity index is 414. The van der Waals surface area contributed by atoms with Crippen molar-refractivity contribution in [2.75, 3.05) is 13.2 Å². The first kappa shape index (κ1) is 16.3. The predicted octanol–water partition coefficient (Wildman–Crippen LogP) is 0.809.